The van der Waals surface area contributed by atoms with Crippen LogP contribution in [-0.4, -0.2) is 55.9 Å². The Bertz CT molecular complexity index is 572. The standard InChI is InChI=1S/C18H24ClNO4/c1-22-16-7-4-12-24-18(16)8-10-20(11-9-18)17(21)13-23-15-6-3-2-5-14(15)19/h2-3,5-6,16H,4,7-13H2,1H3. The van der Waals surface area contributed by atoms with Crippen molar-refractivity contribution in [1.29, 1.82) is 0 Å². The summed E-state index contributed by atoms with van der Waals surface area (Å²) in [5.41, 5.74) is -0.229. The highest BCUT2D eigenvalue weighted by atomic mass is 35.5. The lowest BCUT2D eigenvalue weighted by atomic mass is 9.82. The van der Waals surface area contributed by atoms with Crippen molar-refractivity contribution in [1.82, 2.24) is 4.90 Å². The highest BCUT2D eigenvalue weighted by Crippen LogP contribution is 2.36. The Kier molecular flexibility index (Phi) is 5.64. The molecule has 3 rings (SSSR count). The van der Waals surface area contributed by atoms with E-state index in [2.05, 4.69) is 0 Å². The first-order valence-electron chi connectivity index (χ1n) is 8.46. The lowest BCUT2D eigenvalue weighted by Gasteiger charge is -2.47. The summed E-state index contributed by atoms with van der Waals surface area (Å²) in [4.78, 5) is 14.2. The topological polar surface area (TPSA) is 48.0 Å². The van der Waals surface area contributed by atoms with Crippen molar-refractivity contribution in [2.45, 2.75) is 37.4 Å². The largest absolute Gasteiger partial charge is 0.482 e. The minimum atomic E-state index is -0.229. The van der Waals surface area contributed by atoms with E-state index in [0.717, 1.165) is 32.3 Å². The molecule has 2 aliphatic heterocycles. The van der Waals surface area contributed by atoms with Crippen molar-refractivity contribution < 1.29 is 19.0 Å². The van der Waals surface area contributed by atoms with Crippen molar-refractivity contribution in [3.63, 3.8) is 0 Å². The van der Waals surface area contributed by atoms with E-state index in [1.165, 1.54) is 0 Å². The number of rotatable bonds is 4. The fourth-order valence-corrected chi connectivity index (χ4v) is 3.82. The Balaban J connectivity index is 1.52. The van der Waals surface area contributed by atoms with Crippen LogP contribution >= 0.6 is 11.6 Å². The molecule has 132 valence electrons. The van der Waals surface area contributed by atoms with Crippen LogP contribution in [0.1, 0.15) is 25.7 Å². The number of benzene rings is 1. The molecule has 0 aromatic heterocycles. The molecule has 2 saturated heterocycles. The van der Waals surface area contributed by atoms with Crippen LogP contribution in [0.4, 0.5) is 0 Å². The van der Waals surface area contributed by atoms with E-state index >= 15 is 0 Å². The molecule has 6 heteroatoms. The Morgan fingerprint density at radius 2 is 2.12 bits per heavy atom. The van der Waals surface area contributed by atoms with E-state index in [9.17, 15) is 4.79 Å². The van der Waals surface area contributed by atoms with Crippen molar-refractivity contribution >= 4 is 17.5 Å². The summed E-state index contributed by atoms with van der Waals surface area (Å²) in [6, 6.07) is 7.18. The zero-order valence-corrected chi connectivity index (χ0v) is 14.8. The molecular weight excluding hydrogens is 330 g/mol. The van der Waals surface area contributed by atoms with Crippen LogP contribution in [0, 0.1) is 0 Å². The molecule has 24 heavy (non-hydrogen) atoms. The maximum Gasteiger partial charge on any atom is 0.260 e. The number of carbonyl (C=O) groups excluding carboxylic acids is 1. The second-order valence-corrected chi connectivity index (χ2v) is 6.79. The van der Waals surface area contributed by atoms with E-state index < -0.39 is 0 Å². The van der Waals surface area contributed by atoms with Gasteiger partial charge in [-0.1, -0.05) is 23.7 Å². The highest BCUT2D eigenvalue weighted by molar-refractivity contribution is 6.32. The lowest BCUT2D eigenvalue weighted by Crippen LogP contribution is -2.57. The number of hydrogen-bond acceptors (Lipinski definition) is 4. The van der Waals surface area contributed by atoms with Gasteiger partial charge in [0.25, 0.3) is 5.91 Å². The molecule has 1 atom stereocenters. The Hall–Kier alpha value is -1.30. The summed E-state index contributed by atoms with van der Waals surface area (Å²) < 4.78 is 17.3. The molecule has 2 fully saturated rings. The van der Waals surface area contributed by atoms with Crippen LogP contribution in [0.3, 0.4) is 0 Å². The first-order valence-corrected chi connectivity index (χ1v) is 8.84. The summed E-state index contributed by atoms with van der Waals surface area (Å²) >= 11 is 6.04. The number of ether oxygens (including phenoxy) is 3. The minimum absolute atomic E-state index is 0.00525. The number of likely N-dealkylation sites (tertiary alicyclic amines) is 1. The molecule has 2 aliphatic rings. The van der Waals surface area contributed by atoms with Crippen LogP contribution in [0.15, 0.2) is 24.3 Å². The molecule has 1 aromatic rings. The van der Waals surface area contributed by atoms with Crippen molar-refractivity contribution in [3.05, 3.63) is 29.3 Å². The Morgan fingerprint density at radius 3 is 2.83 bits per heavy atom. The Labute approximate surface area is 147 Å². The molecule has 0 N–H and O–H groups in total. The van der Waals surface area contributed by atoms with Gasteiger partial charge in [0, 0.05) is 26.8 Å². The summed E-state index contributed by atoms with van der Waals surface area (Å²) in [6.07, 6.45) is 3.81. The SMILES string of the molecule is COC1CCCOC12CCN(C(=O)COc1ccccc1Cl)CC2. The summed E-state index contributed by atoms with van der Waals surface area (Å²) in [6.45, 7) is 2.13. The number of hydrogen-bond donors (Lipinski definition) is 0. The fourth-order valence-electron chi connectivity index (χ4n) is 3.63. The minimum Gasteiger partial charge on any atom is -0.482 e. The maximum absolute atomic E-state index is 12.4. The second-order valence-electron chi connectivity index (χ2n) is 6.38. The van der Waals surface area contributed by atoms with E-state index in [0.29, 0.717) is 23.9 Å². The van der Waals surface area contributed by atoms with Gasteiger partial charge in [0.15, 0.2) is 6.61 Å². The first-order chi connectivity index (χ1) is 11.6. The quantitative estimate of drug-likeness (QED) is 0.835. The molecule has 1 unspecified atom stereocenters. The normalized spacial score (nSPS) is 23.2. The van der Waals surface area contributed by atoms with Gasteiger partial charge < -0.3 is 19.1 Å². The predicted octanol–water partition coefficient (Wildman–Crippen LogP) is 2.91. The third-order valence-electron chi connectivity index (χ3n) is 5.02. The van der Waals surface area contributed by atoms with Gasteiger partial charge in [-0.25, -0.2) is 0 Å². The third-order valence-corrected chi connectivity index (χ3v) is 5.33. The lowest BCUT2D eigenvalue weighted by molar-refractivity contribution is -0.188. The number of nitrogens with zero attached hydrogens (tertiary/aromatic N) is 1. The molecule has 0 radical (unpaired) electrons. The molecule has 1 amide bonds. The summed E-state index contributed by atoms with van der Waals surface area (Å²) in [5.74, 6) is 0.519. The van der Waals surface area contributed by atoms with Gasteiger partial charge in [0.2, 0.25) is 0 Å². The molecule has 5 nitrogen and oxygen atoms in total. The highest BCUT2D eigenvalue weighted by Gasteiger charge is 2.45. The number of carbonyl (C=O) groups is 1. The van der Waals surface area contributed by atoms with Crippen LogP contribution in [-0.2, 0) is 14.3 Å². The van der Waals surface area contributed by atoms with Gasteiger partial charge in [-0.3, -0.25) is 4.79 Å². The smallest absolute Gasteiger partial charge is 0.260 e. The zero-order chi connectivity index (χ0) is 17.0. The number of para-hydroxylation sites is 1. The van der Waals surface area contributed by atoms with Crippen LogP contribution in [0.2, 0.25) is 5.02 Å². The molecule has 0 saturated carbocycles. The second kappa shape index (κ2) is 7.72. The van der Waals surface area contributed by atoms with Gasteiger partial charge in [0.05, 0.1) is 16.7 Å². The van der Waals surface area contributed by atoms with Crippen molar-refractivity contribution in [2.75, 3.05) is 33.4 Å². The number of piperidine rings is 1. The van der Waals surface area contributed by atoms with Gasteiger partial charge in [-0.2, -0.15) is 0 Å². The maximum atomic E-state index is 12.4. The average Bonchev–Trinajstić information content (AvgIpc) is 2.62. The number of methoxy groups -OCH3 is 1. The summed E-state index contributed by atoms with van der Waals surface area (Å²) in [5, 5.41) is 0.515. The first kappa shape index (κ1) is 17.5. The predicted molar refractivity (Wildman–Crippen MR) is 91.5 cm³/mol. The van der Waals surface area contributed by atoms with Crippen LogP contribution in [0.5, 0.6) is 5.75 Å². The number of amides is 1. The van der Waals surface area contributed by atoms with E-state index in [-0.39, 0.29) is 24.2 Å². The molecular formula is C18H24ClNO4. The van der Waals surface area contributed by atoms with Crippen molar-refractivity contribution in [3.8, 4) is 5.75 Å². The molecule has 2 heterocycles. The molecule has 0 bridgehead atoms. The van der Waals surface area contributed by atoms with E-state index in [1.54, 1.807) is 19.2 Å². The Morgan fingerprint density at radius 1 is 1.38 bits per heavy atom. The van der Waals surface area contributed by atoms with Gasteiger partial charge in [-0.15, -0.1) is 0 Å². The van der Waals surface area contributed by atoms with E-state index in [4.69, 9.17) is 25.8 Å². The van der Waals surface area contributed by atoms with Crippen LogP contribution < -0.4 is 4.74 Å². The fraction of sp³-hybridized carbons (Fsp3) is 0.611. The average molecular weight is 354 g/mol. The van der Waals surface area contributed by atoms with Crippen molar-refractivity contribution in [2.24, 2.45) is 0 Å². The number of halogens is 1. The molecule has 0 aliphatic carbocycles. The molecule has 1 aromatic carbocycles. The van der Waals surface area contributed by atoms with Gasteiger partial charge >= 0.3 is 0 Å². The zero-order valence-electron chi connectivity index (χ0n) is 14.0. The molecule has 1 spiro atoms. The summed E-state index contributed by atoms with van der Waals surface area (Å²) in [7, 11) is 1.75. The van der Waals surface area contributed by atoms with Crippen LogP contribution in [0.25, 0.3) is 0 Å². The van der Waals surface area contributed by atoms with E-state index in [1.807, 2.05) is 17.0 Å². The third kappa shape index (κ3) is 3.68. The monoisotopic (exact) mass is 353 g/mol. The van der Waals surface area contributed by atoms with Gasteiger partial charge in [0.1, 0.15) is 5.75 Å². The van der Waals surface area contributed by atoms with Gasteiger partial charge in [-0.05, 0) is 37.8 Å².